The highest BCUT2D eigenvalue weighted by molar-refractivity contribution is 5.92. The minimum Gasteiger partial charge on any atom is -0.481 e. The van der Waals surface area contributed by atoms with Crippen molar-refractivity contribution in [2.45, 2.75) is 31.5 Å². The van der Waals surface area contributed by atoms with E-state index in [9.17, 15) is 24.3 Å². The Balaban J connectivity index is 4.70. The topological polar surface area (TPSA) is 158 Å². The fourth-order valence-electron chi connectivity index (χ4n) is 0.936. The van der Waals surface area contributed by atoms with Crippen molar-refractivity contribution in [3.05, 3.63) is 0 Å². The number of hydrogen-bond acceptors (Lipinski definition) is 7. The van der Waals surface area contributed by atoms with Gasteiger partial charge in [0.1, 0.15) is 6.10 Å². The van der Waals surface area contributed by atoms with Gasteiger partial charge in [0, 0.05) is 0 Å². The van der Waals surface area contributed by atoms with Gasteiger partial charge in [-0.25, -0.2) is 9.59 Å². The summed E-state index contributed by atoms with van der Waals surface area (Å²) in [7, 11) is 0. The zero-order valence-corrected chi connectivity index (χ0v) is 9.32. The molecule has 0 saturated carbocycles. The van der Waals surface area contributed by atoms with E-state index < -0.39 is 48.4 Å². The van der Waals surface area contributed by atoms with Crippen LogP contribution in [-0.4, -0.2) is 56.0 Å². The van der Waals surface area contributed by atoms with Crippen LogP contribution >= 0.6 is 0 Å². The molecule has 0 spiro atoms. The molecule has 0 aliphatic carbocycles. The number of rotatable bonds is 6. The molecule has 0 saturated heterocycles. The number of hydrogen-bond donors (Lipinski definition) is 4. The number of carbonyl (C=O) groups excluding carboxylic acids is 2. The molecule has 0 aromatic carbocycles. The summed E-state index contributed by atoms with van der Waals surface area (Å²) in [5, 5.41) is 35.2. The second-order valence-corrected chi connectivity index (χ2v) is 3.55. The van der Waals surface area contributed by atoms with Gasteiger partial charge in [0.2, 0.25) is 0 Å². The van der Waals surface area contributed by atoms with Crippen molar-refractivity contribution < 1.29 is 44.3 Å². The molecule has 0 aliphatic rings. The summed E-state index contributed by atoms with van der Waals surface area (Å²) in [4.78, 5) is 42.9. The highest BCUT2D eigenvalue weighted by atomic mass is 16.6. The number of aliphatic hydroxyl groups excluding tert-OH is 1. The SMILES string of the molecule is CC(O)C(=O)OC(=O)CC(O)(CC(=O)O)C(=O)O. The lowest BCUT2D eigenvalue weighted by Crippen LogP contribution is -2.43. The standard InChI is InChI=1S/C9H12O9/c1-4(10)7(14)18-6(13)3-9(17,8(15)16)2-5(11)12/h4,10,17H,2-3H2,1H3,(H,11,12)(H,15,16). The summed E-state index contributed by atoms with van der Waals surface area (Å²) >= 11 is 0. The fourth-order valence-corrected chi connectivity index (χ4v) is 0.936. The summed E-state index contributed by atoms with van der Waals surface area (Å²) in [6.07, 6.45) is -4.07. The maximum atomic E-state index is 11.1. The molecule has 2 atom stereocenters. The summed E-state index contributed by atoms with van der Waals surface area (Å²) in [6, 6.07) is 0. The van der Waals surface area contributed by atoms with Crippen LogP contribution in [0.2, 0.25) is 0 Å². The number of ether oxygens (including phenoxy) is 1. The second kappa shape index (κ2) is 6.07. The number of carboxylic acids is 2. The highest BCUT2D eigenvalue weighted by Gasteiger charge is 2.42. The van der Waals surface area contributed by atoms with Gasteiger partial charge < -0.3 is 25.2 Å². The normalized spacial score (nSPS) is 15.3. The zero-order valence-electron chi connectivity index (χ0n) is 9.32. The first kappa shape index (κ1) is 16.0. The van der Waals surface area contributed by atoms with Crippen molar-refractivity contribution in [1.82, 2.24) is 0 Å². The number of aliphatic carboxylic acids is 2. The lowest BCUT2D eigenvalue weighted by molar-refractivity contribution is -0.176. The van der Waals surface area contributed by atoms with Gasteiger partial charge in [-0.3, -0.25) is 9.59 Å². The van der Waals surface area contributed by atoms with Crippen LogP contribution in [-0.2, 0) is 23.9 Å². The summed E-state index contributed by atoms with van der Waals surface area (Å²) in [6.45, 7) is 1.01. The Morgan fingerprint density at radius 1 is 1.17 bits per heavy atom. The van der Waals surface area contributed by atoms with E-state index in [1.807, 2.05) is 0 Å². The van der Waals surface area contributed by atoms with E-state index in [0.717, 1.165) is 6.92 Å². The van der Waals surface area contributed by atoms with E-state index in [-0.39, 0.29) is 0 Å². The Kier molecular flexibility index (Phi) is 5.40. The van der Waals surface area contributed by atoms with E-state index in [1.165, 1.54) is 0 Å². The Morgan fingerprint density at radius 2 is 1.67 bits per heavy atom. The minimum absolute atomic E-state index is 1.01. The second-order valence-electron chi connectivity index (χ2n) is 3.55. The summed E-state index contributed by atoms with van der Waals surface area (Å²) < 4.78 is 4.00. The molecule has 0 fully saturated rings. The zero-order chi connectivity index (χ0) is 14.5. The molecule has 0 amide bonds. The van der Waals surface area contributed by atoms with Crippen LogP contribution in [0.5, 0.6) is 0 Å². The van der Waals surface area contributed by atoms with E-state index in [1.54, 1.807) is 0 Å². The van der Waals surface area contributed by atoms with E-state index in [2.05, 4.69) is 4.74 Å². The minimum atomic E-state index is -2.87. The van der Waals surface area contributed by atoms with Crippen LogP contribution in [0.25, 0.3) is 0 Å². The van der Waals surface area contributed by atoms with E-state index in [4.69, 9.17) is 15.3 Å². The van der Waals surface area contributed by atoms with Crippen molar-refractivity contribution in [2.24, 2.45) is 0 Å². The quantitative estimate of drug-likeness (QED) is 0.318. The molecular weight excluding hydrogens is 252 g/mol. The van der Waals surface area contributed by atoms with Crippen LogP contribution in [0.4, 0.5) is 0 Å². The van der Waals surface area contributed by atoms with Gasteiger partial charge in [-0.15, -0.1) is 0 Å². The predicted molar refractivity (Wildman–Crippen MR) is 52.2 cm³/mol. The average molecular weight is 264 g/mol. The maximum absolute atomic E-state index is 11.1. The van der Waals surface area contributed by atoms with Crippen molar-refractivity contribution >= 4 is 23.9 Å². The first-order valence-electron chi connectivity index (χ1n) is 4.68. The first-order chi connectivity index (χ1) is 8.08. The van der Waals surface area contributed by atoms with Gasteiger partial charge in [-0.2, -0.15) is 0 Å². The third-order valence-corrected chi connectivity index (χ3v) is 1.83. The Bertz CT molecular complexity index is 372. The molecule has 0 bridgehead atoms. The van der Waals surface area contributed by atoms with Crippen LogP contribution in [0.3, 0.4) is 0 Å². The van der Waals surface area contributed by atoms with E-state index >= 15 is 0 Å². The lowest BCUT2D eigenvalue weighted by Gasteiger charge is -2.19. The van der Waals surface area contributed by atoms with Crippen LogP contribution < -0.4 is 0 Å². The molecule has 9 heteroatoms. The summed E-state index contributed by atoms with van der Waals surface area (Å²) in [5.41, 5.74) is -2.87. The maximum Gasteiger partial charge on any atom is 0.342 e. The van der Waals surface area contributed by atoms with Crippen LogP contribution in [0.1, 0.15) is 19.8 Å². The van der Waals surface area contributed by atoms with Crippen LogP contribution in [0, 0.1) is 0 Å². The Labute approximate surface area is 101 Å². The molecule has 9 nitrogen and oxygen atoms in total. The number of aliphatic hydroxyl groups is 2. The van der Waals surface area contributed by atoms with Gasteiger partial charge >= 0.3 is 23.9 Å². The van der Waals surface area contributed by atoms with Gasteiger partial charge in [-0.05, 0) is 6.92 Å². The number of carbonyl (C=O) groups is 4. The first-order valence-corrected chi connectivity index (χ1v) is 4.68. The van der Waals surface area contributed by atoms with Crippen LogP contribution in [0.15, 0.2) is 0 Å². The van der Waals surface area contributed by atoms with Crippen molar-refractivity contribution in [3.8, 4) is 0 Å². The molecule has 102 valence electrons. The molecule has 0 aromatic heterocycles. The number of esters is 2. The predicted octanol–water partition coefficient (Wildman–Crippen LogP) is -1.88. The number of carboxylic acid groups (broad SMARTS) is 2. The molecule has 18 heavy (non-hydrogen) atoms. The highest BCUT2D eigenvalue weighted by Crippen LogP contribution is 2.17. The largest absolute Gasteiger partial charge is 0.481 e. The molecule has 0 radical (unpaired) electrons. The van der Waals surface area contributed by atoms with Gasteiger partial charge in [-0.1, -0.05) is 0 Å². The van der Waals surface area contributed by atoms with E-state index in [0.29, 0.717) is 0 Å². The average Bonchev–Trinajstić information content (AvgIpc) is 2.14. The Hall–Kier alpha value is -2.00. The van der Waals surface area contributed by atoms with Gasteiger partial charge in [0.15, 0.2) is 5.60 Å². The third-order valence-electron chi connectivity index (χ3n) is 1.83. The molecule has 0 aromatic rings. The molecule has 0 aliphatic heterocycles. The molecule has 2 unspecified atom stereocenters. The monoisotopic (exact) mass is 264 g/mol. The fraction of sp³-hybridized carbons (Fsp3) is 0.556. The van der Waals surface area contributed by atoms with Gasteiger partial charge in [0.05, 0.1) is 12.8 Å². The third kappa shape index (κ3) is 4.89. The van der Waals surface area contributed by atoms with Crippen molar-refractivity contribution in [2.75, 3.05) is 0 Å². The van der Waals surface area contributed by atoms with Crippen molar-refractivity contribution in [1.29, 1.82) is 0 Å². The molecule has 0 rings (SSSR count). The van der Waals surface area contributed by atoms with Gasteiger partial charge in [0.25, 0.3) is 0 Å². The van der Waals surface area contributed by atoms with Crippen molar-refractivity contribution in [3.63, 3.8) is 0 Å². The molecule has 0 heterocycles. The smallest absolute Gasteiger partial charge is 0.342 e. The lowest BCUT2D eigenvalue weighted by atomic mass is 9.96. The molecule has 4 N–H and O–H groups in total. The summed E-state index contributed by atoms with van der Waals surface area (Å²) in [5.74, 6) is -6.36. The molecular formula is C9H12O9. The Morgan fingerprint density at radius 3 is 2.00 bits per heavy atom.